The molecule has 7 nitrogen and oxygen atoms in total. The van der Waals surface area contributed by atoms with E-state index in [1.165, 1.54) is 0 Å². The molecule has 2 N–H and O–H groups in total. The van der Waals surface area contributed by atoms with Gasteiger partial charge >= 0.3 is 11.9 Å². The quantitative estimate of drug-likeness (QED) is 0.488. The van der Waals surface area contributed by atoms with Crippen molar-refractivity contribution in [2.75, 3.05) is 5.75 Å². The van der Waals surface area contributed by atoms with Gasteiger partial charge in [0.2, 0.25) is 0 Å². The fourth-order valence-corrected chi connectivity index (χ4v) is 4.44. The third-order valence-electron chi connectivity index (χ3n) is 5.46. The van der Waals surface area contributed by atoms with Gasteiger partial charge in [-0.2, -0.15) is 0 Å². The van der Waals surface area contributed by atoms with Crippen LogP contribution in [-0.4, -0.2) is 41.7 Å². The summed E-state index contributed by atoms with van der Waals surface area (Å²) in [5, 5.41) is 19.4. The van der Waals surface area contributed by atoms with Gasteiger partial charge in [0.1, 0.15) is 5.82 Å². The molecule has 8 heteroatoms. The number of hydrogen-bond acceptors (Lipinski definition) is 4. The molecule has 0 aliphatic rings. The monoisotopic (exact) mass is 454 g/mol. The molecule has 32 heavy (non-hydrogen) atoms. The highest BCUT2D eigenvalue weighted by Crippen LogP contribution is 2.27. The van der Waals surface area contributed by atoms with Crippen LogP contribution in [0.25, 0.3) is 11.1 Å². The Labute approximate surface area is 189 Å². The summed E-state index contributed by atoms with van der Waals surface area (Å²) in [5.41, 5.74) is 2.38. The SMILES string of the molecule is CCC(C)c1nc(S(=O)CC)c(C(=O)O)n1Cc1ccc(-c2ccccc2C(=O)O)cc1. The van der Waals surface area contributed by atoms with Crippen LogP contribution < -0.4 is 0 Å². The van der Waals surface area contributed by atoms with Crippen molar-refractivity contribution in [1.82, 2.24) is 9.55 Å². The van der Waals surface area contributed by atoms with E-state index in [1.807, 2.05) is 38.1 Å². The highest BCUT2D eigenvalue weighted by Gasteiger charge is 2.27. The lowest BCUT2D eigenvalue weighted by Gasteiger charge is -2.14. The summed E-state index contributed by atoms with van der Waals surface area (Å²) in [5.74, 6) is -1.27. The third kappa shape index (κ3) is 4.65. The molecule has 2 unspecified atom stereocenters. The molecule has 2 atom stereocenters. The Morgan fingerprint density at radius 2 is 1.69 bits per heavy atom. The predicted octanol–water partition coefficient (Wildman–Crippen LogP) is 4.64. The van der Waals surface area contributed by atoms with Gasteiger partial charge in [0.15, 0.2) is 10.7 Å². The van der Waals surface area contributed by atoms with E-state index in [0.29, 0.717) is 11.4 Å². The number of rotatable bonds is 9. The van der Waals surface area contributed by atoms with Crippen LogP contribution in [0.4, 0.5) is 0 Å². The molecule has 0 saturated carbocycles. The van der Waals surface area contributed by atoms with Gasteiger partial charge in [-0.3, -0.25) is 4.21 Å². The fraction of sp³-hybridized carbons (Fsp3) is 0.292. The van der Waals surface area contributed by atoms with Gasteiger partial charge in [-0.1, -0.05) is 63.2 Å². The third-order valence-corrected chi connectivity index (χ3v) is 6.70. The van der Waals surface area contributed by atoms with Crippen LogP contribution in [0.1, 0.15) is 65.3 Å². The summed E-state index contributed by atoms with van der Waals surface area (Å²) in [6.45, 7) is 5.96. The first-order valence-corrected chi connectivity index (χ1v) is 11.7. The molecule has 1 aromatic heterocycles. The van der Waals surface area contributed by atoms with Crippen LogP contribution >= 0.6 is 0 Å². The topological polar surface area (TPSA) is 109 Å². The Bertz CT molecular complexity index is 1170. The first-order valence-electron chi connectivity index (χ1n) is 10.4. The summed E-state index contributed by atoms with van der Waals surface area (Å²) in [6.07, 6.45) is 0.763. The molecule has 0 bridgehead atoms. The van der Waals surface area contributed by atoms with Gasteiger partial charge in [-0.15, -0.1) is 0 Å². The van der Waals surface area contributed by atoms with Crippen molar-refractivity contribution < 1.29 is 24.0 Å². The van der Waals surface area contributed by atoms with E-state index in [1.54, 1.807) is 35.8 Å². The zero-order chi connectivity index (χ0) is 23.4. The minimum Gasteiger partial charge on any atom is -0.478 e. The van der Waals surface area contributed by atoms with E-state index >= 15 is 0 Å². The fourth-order valence-electron chi connectivity index (χ4n) is 3.56. The summed E-state index contributed by atoms with van der Waals surface area (Å²) in [6, 6.07) is 14.1. The molecule has 1 heterocycles. The zero-order valence-electron chi connectivity index (χ0n) is 18.2. The summed E-state index contributed by atoms with van der Waals surface area (Å²) < 4.78 is 14.1. The Kier molecular flexibility index (Phi) is 7.25. The number of carboxylic acids is 2. The van der Waals surface area contributed by atoms with Crippen molar-refractivity contribution in [1.29, 1.82) is 0 Å². The highest BCUT2D eigenvalue weighted by molar-refractivity contribution is 7.85. The second-order valence-corrected chi connectivity index (χ2v) is 9.16. The number of carboxylic acid groups (broad SMARTS) is 2. The summed E-state index contributed by atoms with van der Waals surface area (Å²) in [4.78, 5) is 28.1. The average molecular weight is 455 g/mol. The Morgan fingerprint density at radius 1 is 1.03 bits per heavy atom. The van der Waals surface area contributed by atoms with Crippen molar-refractivity contribution in [3.05, 3.63) is 71.2 Å². The number of imidazole rings is 1. The molecule has 0 saturated heterocycles. The maximum atomic E-state index is 12.5. The van der Waals surface area contributed by atoms with Gasteiger partial charge in [0.25, 0.3) is 0 Å². The summed E-state index contributed by atoms with van der Waals surface area (Å²) in [7, 11) is -1.49. The van der Waals surface area contributed by atoms with E-state index in [0.717, 1.165) is 17.5 Å². The molecule has 3 aromatic rings. The Hall–Kier alpha value is -3.26. The van der Waals surface area contributed by atoms with Gasteiger partial charge in [0.05, 0.1) is 16.4 Å². The van der Waals surface area contributed by atoms with E-state index in [2.05, 4.69) is 4.98 Å². The van der Waals surface area contributed by atoms with E-state index in [9.17, 15) is 24.0 Å². The normalized spacial score (nSPS) is 13.0. The first-order chi connectivity index (χ1) is 15.3. The van der Waals surface area contributed by atoms with Gasteiger partial charge in [-0.05, 0) is 29.2 Å². The van der Waals surface area contributed by atoms with Crippen molar-refractivity contribution in [2.24, 2.45) is 0 Å². The number of carbonyl (C=O) groups is 2. The van der Waals surface area contributed by atoms with E-state index in [4.69, 9.17) is 0 Å². The minimum absolute atomic E-state index is 0.00239. The zero-order valence-corrected chi connectivity index (χ0v) is 19.1. The van der Waals surface area contributed by atoms with E-state index in [-0.39, 0.29) is 34.5 Å². The molecule has 0 aliphatic heterocycles. The second-order valence-electron chi connectivity index (χ2n) is 7.51. The summed E-state index contributed by atoms with van der Waals surface area (Å²) >= 11 is 0. The maximum absolute atomic E-state index is 12.5. The molecule has 0 fully saturated rings. The molecule has 0 spiro atoms. The van der Waals surface area contributed by atoms with Crippen LogP contribution in [0.2, 0.25) is 0 Å². The van der Waals surface area contributed by atoms with Crippen LogP contribution in [-0.2, 0) is 17.3 Å². The molecular weight excluding hydrogens is 428 g/mol. The van der Waals surface area contributed by atoms with Crippen LogP contribution in [0.5, 0.6) is 0 Å². The molecule has 3 rings (SSSR count). The van der Waals surface area contributed by atoms with Crippen LogP contribution in [0, 0.1) is 0 Å². The van der Waals surface area contributed by atoms with E-state index < -0.39 is 22.7 Å². The Balaban J connectivity index is 2.04. The largest absolute Gasteiger partial charge is 0.478 e. The van der Waals surface area contributed by atoms with Crippen LogP contribution in [0.15, 0.2) is 53.6 Å². The highest BCUT2D eigenvalue weighted by atomic mass is 32.2. The van der Waals surface area contributed by atoms with Crippen LogP contribution in [0.3, 0.4) is 0 Å². The van der Waals surface area contributed by atoms with Crippen molar-refractivity contribution in [3.63, 3.8) is 0 Å². The predicted molar refractivity (Wildman–Crippen MR) is 123 cm³/mol. The van der Waals surface area contributed by atoms with Crippen molar-refractivity contribution in [2.45, 2.75) is 44.7 Å². The van der Waals surface area contributed by atoms with Crippen molar-refractivity contribution >= 4 is 22.7 Å². The number of aromatic carboxylic acids is 2. The average Bonchev–Trinajstić information content (AvgIpc) is 3.17. The maximum Gasteiger partial charge on any atom is 0.355 e. The molecule has 0 radical (unpaired) electrons. The number of aromatic nitrogens is 2. The standard InChI is InChI=1S/C24H26N2O5S/c1-4-15(3)21-25-22(32(31)5-2)20(24(29)30)26(21)14-16-10-12-17(13-11-16)18-8-6-7-9-19(18)23(27)28/h6-13,15H,4-5,14H2,1-3H3,(H,27,28)(H,29,30). The molecule has 168 valence electrons. The first kappa shape index (κ1) is 23.4. The smallest absolute Gasteiger partial charge is 0.355 e. The lowest BCUT2D eigenvalue weighted by Crippen LogP contribution is -2.15. The molecule has 0 amide bonds. The minimum atomic E-state index is -1.49. The second kappa shape index (κ2) is 9.91. The van der Waals surface area contributed by atoms with Gasteiger partial charge in [0, 0.05) is 18.2 Å². The van der Waals surface area contributed by atoms with Gasteiger partial charge < -0.3 is 14.8 Å². The number of benzene rings is 2. The van der Waals surface area contributed by atoms with Crippen molar-refractivity contribution in [3.8, 4) is 11.1 Å². The molecule has 0 aliphatic carbocycles. The van der Waals surface area contributed by atoms with Gasteiger partial charge in [-0.25, -0.2) is 14.6 Å². The number of nitrogens with zero attached hydrogens (tertiary/aromatic N) is 2. The lowest BCUT2D eigenvalue weighted by molar-refractivity contribution is 0.0675. The lowest BCUT2D eigenvalue weighted by atomic mass is 9.98. The molecular formula is C24H26N2O5S. The number of hydrogen-bond donors (Lipinski definition) is 2. The molecule has 2 aromatic carbocycles. The Morgan fingerprint density at radius 3 is 2.25 bits per heavy atom.